The minimum Gasteiger partial charge on any atom is -0.382 e. The van der Waals surface area contributed by atoms with Crippen molar-refractivity contribution in [2.75, 3.05) is 20.8 Å². The van der Waals surface area contributed by atoms with Crippen molar-refractivity contribution in [2.24, 2.45) is 0 Å². The molecule has 1 saturated heterocycles. The van der Waals surface area contributed by atoms with Gasteiger partial charge in [-0.25, -0.2) is 0 Å². The topological polar surface area (TPSA) is 62.6 Å². The summed E-state index contributed by atoms with van der Waals surface area (Å²) in [5.74, 6) is -0.129. The van der Waals surface area contributed by atoms with Crippen LogP contribution in [0.15, 0.2) is 0 Å². The van der Waals surface area contributed by atoms with Crippen molar-refractivity contribution in [1.82, 2.24) is 4.67 Å². The average molecular weight is 190 g/mol. The summed E-state index contributed by atoms with van der Waals surface area (Å²) in [6.45, 7) is 0.427. The fourth-order valence-corrected chi connectivity index (χ4v) is 1.76. The molecule has 1 aliphatic rings. The zero-order valence-corrected chi connectivity index (χ0v) is 7.88. The summed E-state index contributed by atoms with van der Waals surface area (Å²) in [5.41, 5.74) is 0. The second kappa shape index (κ2) is 3.94. The van der Waals surface area contributed by atoms with Crippen LogP contribution in [0.25, 0.3) is 0 Å². The van der Waals surface area contributed by atoms with Crippen molar-refractivity contribution in [3.8, 4) is 0 Å². The van der Waals surface area contributed by atoms with Gasteiger partial charge in [-0.2, -0.15) is 0 Å². The van der Waals surface area contributed by atoms with E-state index in [1.165, 1.54) is 11.8 Å². The lowest BCUT2D eigenvalue weighted by atomic mass is 10.0. The number of hydrogen-bond donors (Lipinski definition) is 1. The molecule has 0 spiro atoms. The van der Waals surface area contributed by atoms with Gasteiger partial charge in [0.2, 0.25) is 0 Å². The maximum absolute atomic E-state index is 11.1. The Balaban J connectivity index is 2.56. The van der Waals surface area contributed by atoms with E-state index < -0.39 is 6.10 Å². The Morgan fingerprint density at radius 2 is 2.33 bits per heavy atom. The standard InChI is InChI=1S/C6H11N2O3P/c1-10-3-4-5(11-2)6(9)8(4)12-7/h4-5,7H,3H2,1-2H3/t4?,5-/m1/s1. The van der Waals surface area contributed by atoms with Crippen LogP contribution in [0.2, 0.25) is 0 Å². The summed E-state index contributed by atoms with van der Waals surface area (Å²) in [5, 5.41) is 7.03. The lowest BCUT2D eigenvalue weighted by Gasteiger charge is -2.41. The molecule has 1 N–H and O–H groups in total. The Labute approximate surface area is 72.4 Å². The maximum atomic E-state index is 11.1. The molecule has 12 heavy (non-hydrogen) atoms. The van der Waals surface area contributed by atoms with E-state index in [4.69, 9.17) is 14.6 Å². The van der Waals surface area contributed by atoms with Crippen molar-refractivity contribution in [3.05, 3.63) is 0 Å². The molecule has 0 saturated carbocycles. The largest absolute Gasteiger partial charge is 0.382 e. The van der Waals surface area contributed by atoms with Crippen LogP contribution in [0, 0.1) is 5.16 Å². The van der Waals surface area contributed by atoms with Gasteiger partial charge in [-0.15, -0.1) is 0 Å². The van der Waals surface area contributed by atoms with Gasteiger partial charge in [-0.05, 0) is 0 Å². The van der Waals surface area contributed by atoms with Crippen molar-refractivity contribution >= 4 is 14.4 Å². The molecule has 0 aromatic heterocycles. The van der Waals surface area contributed by atoms with Gasteiger partial charge in [0.1, 0.15) is 14.6 Å². The third kappa shape index (κ3) is 1.35. The Hall–Kier alpha value is -0.510. The van der Waals surface area contributed by atoms with E-state index >= 15 is 0 Å². The van der Waals surface area contributed by atoms with E-state index in [2.05, 4.69) is 0 Å². The van der Waals surface area contributed by atoms with Crippen LogP contribution in [-0.2, 0) is 14.3 Å². The molecule has 1 heterocycles. The number of rotatable bonds is 4. The summed E-state index contributed by atoms with van der Waals surface area (Å²) in [7, 11) is 3.26. The van der Waals surface area contributed by atoms with Gasteiger partial charge in [0.25, 0.3) is 5.91 Å². The number of nitrogens with one attached hydrogen (secondary N) is 1. The molecular weight excluding hydrogens is 179 g/mol. The Bertz CT molecular complexity index is 199. The number of β-lactam (4-membered cyclic amide) rings is 1. The molecule has 1 fully saturated rings. The highest BCUT2D eigenvalue weighted by Crippen LogP contribution is 2.29. The maximum Gasteiger partial charge on any atom is 0.262 e. The Morgan fingerprint density at radius 3 is 2.75 bits per heavy atom. The molecule has 1 amide bonds. The first kappa shape index (κ1) is 9.58. The van der Waals surface area contributed by atoms with Crippen molar-refractivity contribution < 1.29 is 14.3 Å². The third-order valence-corrected chi connectivity index (χ3v) is 2.54. The van der Waals surface area contributed by atoms with Crippen LogP contribution in [0.1, 0.15) is 0 Å². The molecule has 1 aliphatic heterocycles. The molecule has 6 heteroatoms. The zero-order valence-electron chi connectivity index (χ0n) is 6.98. The third-order valence-electron chi connectivity index (χ3n) is 1.83. The lowest BCUT2D eigenvalue weighted by Crippen LogP contribution is -2.62. The van der Waals surface area contributed by atoms with E-state index in [0.717, 1.165) is 0 Å². The SMILES string of the molecule is COCC1[C@@H](OC)C(=O)N1P=N. The van der Waals surface area contributed by atoms with E-state index in [1.807, 2.05) is 0 Å². The second-order valence-electron chi connectivity index (χ2n) is 2.46. The summed E-state index contributed by atoms with van der Waals surface area (Å²) < 4.78 is 11.2. The summed E-state index contributed by atoms with van der Waals surface area (Å²) in [4.78, 5) is 11.1. The number of nitrogens with zero attached hydrogens (tertiary/aromatic N) is 1. The van der Waals surface area contributed by atoms with Crippen molar-refractivity contribution in [1.29, 1.82) is 5.16 Å². The molecule has 0 bridgehead atoms. The molecule has 1 rings (SSSR count). The lowest BCUT2D eigenvalue weighted by molar-refractivity contribution is -0.161. The van der Waals surface area contributed by atoms with Gasteiger partial charge < -0.3 is 9.47 Å². The van der Waals surface area contributed by atoms with Crippen LogP contribution >= 0.6 is 8.52 Å². The van der Waals surface area contributed by atoms with Gasteiger partial charge in [0.15, 0.2) is 6.10 Å². The molecule has 5 nitrogen and oxygen atoms in total. The molecular formula is C6H11N2O3P. The van der Waals surface area contributed by atoms with Crippen LogP contribution in [0.5, 0.6) is 0 Å². The number of ether oxygens (including phenoxy) is 2. The van der Waals surface area contributed by atoms with Crippen molar-refractivity contribution in [3.63, 3.8) is 0 Å². The minimum absolute atomic E-state index is 0.0910. The predicted molar refractivity (Wildman–Crippen MR) is 42.9 cm³/mol. The zero-order chi connectivity index (χ0) is 9.14. The van der Waals surface area contributed by atoms with Crippen LogP contribution in [0.4, 0.5) is 0 Å². The van der Waals surface area contributed by atoms with E-state index in [1.54, 1.807) is 7.11 Å². The van der Waals surface area contributed by atoms with E-state index in [-0.39, 0.29) is 20.5 Å². The van der Waals surface area contributed by atoms with E-state index in [0.29, 0.717) is 6.61 Å². The van der Waals surface area contributed by atoms with Crippen LogP contribution in [0.3, 0.4) is 0 Å². The molecule has 0 aromatic carbocycles. The van der Waals surface area contributed by atoms with Gasteiger partial charge in [0, 0.05) is 14.2 Å². The second-order valence-corrected chi connectivity index (χ2v) is 3.09. The van der Waals surface area contributed by atoms with Crippen molar-refractivity contribution in [2.45, 2.75) is 12.1 Å². The summed E-state index contributed by atoms with van der Waals surface area (Å²) in [6.07, 6.45) is -0.414. The quantitative estimate of drug-likeness (QED) is 0.518. The highest BCUT2D eigenvalue weighted by Gasteiger charge is 2.47. The molecule has 2 atom stereocenters. The van der Waals surface area contributed by atoms with Gasteiger partial charge in [0.05, 0.1) is 6.61 Å². The van der Waals surface area contributed by atoms with Crippen LogP contribution < -0.4 is 0 Å². The van der Waals surface area contributed by atoms with E-state index in [9.17, 15) is 4.79 Å². The monoisotopic (exact) mass is 190 g/mol. The fourth-order valence-electron chi connectivity index (χ4n) is 1.21. The van der Waals surface area contributed by atoms with Gasteiger partial charge in [-0.3, -0.25) is 14.6 Å². The number of carbonyl (C=O) groups is 1. The summed E-state index contributed by atoms with van der Waals surface area (Å²) in [6, 6.07) is -0.0910. The molecule has 0 aromatic rings. The Kier molecular flexibility index (Phi) is 3.14. The fraction of sp³-hybridized carbons (Fsp3) is 0.833. The van der Waals surface area contributed by atoms with Crippen LogP contribution in [-0.4, -0.2) is 43.5 Å². The highest BCUT2D eigenvalue weighted by molar-refractivity contribution is 7.23. The number of amides is 1. The first-order valence-electron chi connectivity index (χ1n) is 3.48. The minimum atomic E-state index is -0.414. The Morgan fingerprint density at radius 1 is 1.67 bits per heavy atom. The molecule has 1 unspecified atom stereocenters. The molecule has 0 aliphatic carbocycles. The number of methoxy groups -OCH3 is 2. The normalized spacial score (nSPS) is 29.2. The summed E-state index contributed by atoms with van der Waals surface area (Å²) >= 11 is 0. The number of hydrogen-bond acceptors (Lipinski definition) is 4. The predicted octanol–water partition coefficient (Wildman–Crippen LogP) is 0.482. The number of carbonyl (C=O) groups excluding carboxylic acids is 1. The first-order chi connectivity index (χ1) is 5.76. The average Bonchev–Trinajstić information content (AvgIpc) is 2.06. The van der Waals surface area contributed by atoms with Gasteiger partial charge >= 0.3 is 0 Å². The van der Waals surface area contributed by atoms with Gasteiger partial charge in [-0.1, -0.05) is 0 Å². The smallest absolute Gasteiger partial charge is 0.262 e. The molecule has 68 valence electrons. The first-order valence-corrected chi connectivity index (χ1v) is 4.33. The molecule has 0 radical (unpaired) electrons. The highest BCUT2D eigenvalue weighted by atomic mass is 31.1.